The second kappa shape index (κ2) is 3.64. The highest BCUT2D eigenvalue weighted by Crippen LogP contribution is 2.26. The first kappa shape index (κ1) is 10.7. The normalized spacial score (nSPS) is 11.4. The van der Waals surface area contributed by atoms with Gasteiger partial charge in [-0.1, -0.05) is 45.0 Å². The largest absolute Gasteiger partial charge is 0.192 e. The summed E-state index contributed by atoms with van der Waals surface area (Å²) in [6, 6.07) is 14.4. The number of fused-ring (bicyclic) bond motifs is 1. The molecule has 0 N–H and O–H groups in total. The lowest BCUT2D eigenvalue weighted by Gasteiger charge is -2.19. The predicted molar refractivity (Wildman–Crippen MR) is 67.4 cm³/mol. The average Bonchev–Trinajstić information content (AvgIpc) is 2.26. The van der Waals surface area contributed by atoms with Crippen molar-refractivity contribution < 1.29 is 0 Å². The molecule has 0 radical (unpaired) electrons. The predicted octanol–water partition coefficient (Wildman–Crippen LogP) is 4.01. The number of hydrogen-bond donors (Lipinski definition) is 0. The van der Waals surface area contributed by atoms with Gasteiger partial charge in [0.05, 0.1) is 11.6 Å². The lowest BCUT2D eigenvalue weighted by Crippen LogP contribution is -2.10. The highest BCUT2D eigenvalue weighted by Gasteiger charge is 2.13. The fraction of sp³-hybridized carbons (Fsp3) is 0.267. The molecule has 80 valence electrons. The molecule has 2 aromatic carbocycles. The minimum Gasteiger partial charge on any atom is -0.192 e. The van der Waals surface area contributed by atoms with E-state index in [1.807, 2.05) is 18.2 Å². The maximum absolute atomic E-state index is 8.88. The Morgan fingerprint density at radius 3 is 2.25 bits per heavy atom. The van der Waals surface area contributed by atoms with E-state index >= 15 is 0 Å². The van der Waals surface area contributed by atoms with Gasteiger partial charge in [-0.3, -0.25) is 0 Å². The minimum absolute atomic E-state index is 0.150. The molecular formula is C15H15N. The molecule has 0 amide bonds. The maximum atomic E-state index is 8.88. The molecule has 0 aromatic heterocycles. The fourth-order valence-electron chi connectivity index (χ4n) is 1.78. The average molecular weight is 209 g/mol. The molecule has 16 heavy (non-hydrogen) atoms. The van der Waals surface area contributed by atoms with E-state index in [4.69, 9.17) is 5.26 Å². The number of nitriles is 1. The Morgan fingerprint density at radius 2 is 1.62 bits per heavy atom. The summed E-state index contributed by atoms with van der Waals surface area (Å²) < 4.78 is 0. The molecule has 0 aliphatic carbocycles. The third-order valence-electron chi connectivity index (χ3n) is 2.84. The molecule has 0 aliphatic rings. The van der Waals surface area contributed by atoms with Crippen LogP contribution in [-0.4, -0.2) is 0 Å². The molecule has 0 saturated heterocycles. The third-order valence-corrected chi connectivity index (χ3v) is 2.84. The van der Waals surface area contributed by atoms with Crippen LogP contribution in [0.1, 0.15) is 31.9 Å². The van der Waals surface area contributed by atoms with Gasteiger partial charge in [-0.05, 0) is 33.9 Å². The lowest BCUT2D eigenvalue weighted by molar-refractivity contribution is 0.591. The Kier molecular flexibility index (Phi) is 2.44. The van der Waals surface area contributed by atoms with Crippen molar-refractivity contribution in [1.82, 2.24) is 0 Å². The van der Waals surface area contributed by atoms with Crippen molar-refractivity contribution in [3.63, 3.8) is 0 Å². The molecule has 0 atom stereocenters. The van der Waals surface area contributed by atoms with Crippen molar-refractivity contribution in [2.24, 2.45) is 0 Å². The van der Waals surface area contributed by atoms with Crippen LogP contribution < -0.4 is 0 Å². The van der Waals surface area contributed by atoms with Crippen LogP contribution in [0.5, 0.6) is 0 Å². The van der Waals surface area contributed by atoms with E-state index in [0.717, 1.165) is 10.9 Å². The summed E-state index contributed by atoms with van der Waals surface area (Å²) in [7, 11) is 0. The molecule has 1 heteroatoms. The van der Waals surface area contributed by atoms with Crippen LogP contribution in [-0.2, 0) is 5.41 Å². The molecule has 2 rings (SSSR count). The third kappa shape index (κ3) is 1.92. The monoisotopic (exact) mass is 209 g/mol. The first-order valence-electron chi connectivity index (χ1n) is 5.45. The topological polar surface area (TPSA) is 23.8 Å². The van der Waals surface area contributed by atoms with Gasteiger partial charge in [-0.15, -0.1) is 0 Å². The van der Waals surface area contributed by atoms with Crippen molar-refractivity contribution in [2.45, 2.75) is 26.2 Å². The summed E-state index contributed by atoms with van der Waals surface area (Å²) >= 11 is 0. The highest BCUT2D eigenvalue weighted by atomic mass is 14.2. The fourth-order valence-corrected chi connectivity index (χ4v) is 1.78. The van der Waals surface area contributed by atoms with E-state index in [-0.39, 0.29) is 5.41 Å². The van der Waals surface area contributed by atoms with Gasteiger partial charge in [-0.2, -0.15) is 5.26 Å². The highest BCUT2D eigenvalue weighted by molar-refractivity contribution is 5.84. The van der Waals surface area contributed by atoms with Gasteiger partial charge in [0.1, 0.15) is 0 Å². The summed E-state index contributed by atoms with van der Waals surface area (Å²) in [6.07, 6.45) is 0. The lowest BCUT2D eigenvalue weighted by atomic mass is 9.86. The first-order chi connectivity index (χ1) is 7.50. The number of nitrogens with zero attached hydrogens (tertiary/aromatic N) is 1. The van der Waals surface area contributed by atoms with Crippen molar-refractivity contribution in [3.05, 3.63) is 47.5 Å². The van der Waals surface area contributed by atoms with Gasteiger partial charge in [0.25, 0.3) is 0 Å². The van der Waals surface area contributed by atoms with Crippen LogP contribution in [0.3, 0.4) is 0 Å². The number of hydrogen-bond acceptors (Lipinski definition) is 1. The van der Waals surface area contributed by atoms with Gasteiger partial charge >= 0.3 is 0 Å². The Labute approximate surface area is 96.3 Å². The summed E-state index contributed by atoms with van der Waals surface area (Å²) in [5.41, 5.74) is 2.17. The smallest absolute Gasteiger partial charge is 0.0991 e. The Bertz CT molecular complexity index is 568. The van der Waals surface area contributed by atoms with E-state index in [1.54, 1.807) is 0 Å². The molecule has 0 fully saturated rings. The van der Waals surface area contributed by atoms with Gasteiger partial charge < -0.3 is 0 Å². The van der Waals surface area contributed by atoms with Gasteiger partial charge in [0.15, 0.2) is 0 Å². The first-order valence-corrected chi connectivity index (χ1v) is 5.45. The van der Waals surface area contributed by atoms with Crippen molar-refractivity contribution in [2.75, 3.05) is 0 Å². The van der Waals surface area contributed by atoms with E-state index in [0.29, 0.717) is 0 Å². The Balaban J connectivity index is 2.65. The SMILES string of the molecule is CC(C)(C)c1ccc2ccc(C#N)cc2c1. The zero-order valence-corrected chi connectivity index (χ0v) is 9.91. The molecule has 0 aliphatic heterocycles. The summed E-state index contributed by atoms with van der Waals surface area (Å²) in [5, 5.41) is 11.2. The van der Waals surface area contributed by atoms with Crippen LogP contribution in [0, 0.1) is 11.3 Å². The second-order valence-electron chi connectivity index (χ2n) is 5.14. The number of rotatable bonds is 0. The van der Waals surface area contributed by atoms with Crippen LogP contribution >= 0.6 is 0 Å². The van der Waals surface area contributed by atoms with E-state index in [2.05, 4.69) is 45.0 Å². The Hall–Kier alpha value is -1.81. The zero-order chi connectivity index (χ0) is 11.8. The van der Waals surface area contributed by atoms with Gasteiger partial charge in [0.2, 0.25) is 0 Å². The van der Waals surface area contributed by atoms with Crippen molar-refractivity contribution in [3.8, 4) is 6.07 Å². The van der Waals surface area contributed by atoms with E-state index in [1.165, 1.54) is 10.9 Å². The molecular weight excluding hydrogens is 194 g/mol. The standard InChI is InChI=1S/C15H15N/c1-15(2,3)14-7-6-12-5-4-11(10-16)8-13(12)9-14/h4-9H,1-3H3. The zero-order valence-electron chi connectivity index (χ0n) is 9.91. The molecule has 2 aromatic rings. The maximum Gasteiger partial charge on any atom is 0.0991 e. The molecule has 0 heterocycles. The molecule has 0 unspecified atom stereocenters. The van der Waals surface area contributed by atoms with E-state index in [9.17, 15) is 0 Å². The van der Waals surface area contributed by atoms with Gasteiger partial charge in [0, 0.05) is 0 Å². The second-order valence-corrected chi connectivity index (χ2v) is 5.14. The molecule has 0 bridgehead atoms. The van der Waals surface area contributed by atoms with Crippen molar-refractivity contribution in [1.29, 1.82) is 5.26 Å². The summed E-state index contributed by atoms with van der Waals surface area (Å²) in [6.45, 7) is 6.59. The molecule has 1 nitrogen and oxygen atoms in total. The van der Waals surface area contributed by atoms with Crippen LogP contribution in [0.2, 0.25) is 0 Å². The van der Waals surface area contributed by atoms with Crippen LogP contribution in [0.4, 0.5) is 0 Å². The summed E-state index contributed by atoms with van der Waals surface area (Å²) in [4.78, 5) is 0. The van der Waals surface area contributed by atoms with Crippen LogP contribution in [0.25, 0.3) is 10.8 Å². The number of benzene rings is 2. The van der Waals surface area contributed by atoms with Gasteiger partial charge in [-0.25, -0.2) is 0 Å². The minimum atomic E-state index is 0.150. The Morgan fingerprint density at radius 1 is 0.938 bits per heavy atom. The molecule has 0 saturated carbocycles. The van der Waals surface area contributed by atoms with Crippen LogP contribution in [0.15, 0.2) is 36.4 Å². The quantitative estimate of drug-likeness (QED) is 0.643. The van der Waals surface area contributed by atoms with Crippen molar-refractivity contribution >= 4 is 10.8 Å². The van der Waals surface area contributed by atoms with E-state index < -0.39 is 0 Å². The summed E-state index contributed by atoms with van der Waals surface area (Å²) in [5.74, 6) is 0. The molecule has 0 spiro atoms.